The minimum atomic E-state index is -0.861. The van der Waals surface area contributed by atoms with Gasteiger partial charge in [0.05, 0.1) is 19.3 Å². The van der Waals surface area contributed by atoms with Crippen LogP contribution in [0.1, 0.15) is 13.8 Å². The largest absolute Gasteiger partial charge is 0.464 e. The summed E-state index contributed by atoms with van der Waals surface area (Å²) >= 11 is 0. The first kappa shape index (κ1) is 14.4. The molecule has 0 aliphatic carbocycles. The van der Waals surface area contributed by atoms with Gasteiger partial charge in [-0.1, -0.05) is 0 Å². The molecule has 8 heteroatoms. The smallest absolute Gasteiger partial charge is 0.323 e. The lowest BCUT2D eigenvalue weighted by Crippen LogP contribution is -2.24. The molecule has 0 amide bonds. The van der Waals surface area contributed by atoms with Crippen LogP contribution in [-0.2, 0) is 0 Å². The van der Waals surface area contributed by atoms with Crippen LogP contribution in [0.3, 0.4) is 0 Å². The van der Waals surface area contributed by atoms with Gasteiger partial charge >= 0.3 is 6.01 Å². The van der Waals surface area contributed by atoms with Crippen LogP contribution in [-0.4, -0.2) is 57.6 Å². The number of aliphatic hydroxyl groups is 2. The molecule has 0 aliphatic heterocycles. The molecule has 1 atom stereocenters. The minimum absolute atomic E-state index is 0.150. The van der Waals surface area contributed by atoms with Crippen LogP contribution in [0.25, 0.3) is 0 Å². The van der Waals surface area contributed by atoms with Gasteiger partial charge in [0.25, 0.3) is 0 Å². The second-order valence-electron chi connectivity index (χ2n) is 3.45. The lowest BCUT2D eigenvalue weighted by Gasteiger charge is -2.11. The van der Waals surface area contributed by atoms with Gasteiger partial charge < -0.3 is 25.6 Å². The van der Waals surface area contributed by atoms with Crippen LogP contribution < -0.4 is 15.4 Å². The quantitative estimate of drug-likeness (QED) is 0.491. The third-order valence-electron chi connectivity index (χ3n) is 1.93. The number of nitrogens with one attached hydrogen (secondary N) is 2. The average molecular weight is 257 g/mol. The highest BCUT2D eigenvalue weighted by atomic mass is 16.5. The van der Waals surface area contributed by atoms with Crippen molar-refractivity contribution in [3.8, 4) is 6.01 Å². The molecule has 0 saturated heterocycles. The monoisotopic (exact) mass is 257 g/mol. The molecule has 0 aliphatic rings. The normalized spacial score (nSPS) is 12.0. The van der Waals surface area contributed by atoms with Gasteiger partial charge in [0.2, 0.25) is 11.9 Å². The van der Waals surface area contributed by atoms with Crippen LogP contribution in [0.15, 0.2) is 0 Å². The van der Waals surface area contributed by atoms with E-state index in [0.717, 1.165) is 0 Å². The molecule has 0 aromatic carbocycles. The molecule has 0 saturated carbocycles. The number of hydrogen-bond donors (Lipinski definition) is 4. The lowest BCUT2D eigenvalue weighted by molar-refractivity contribution is 0.105. The van der Waals surface area contributed by atoms with Crippen molar-refractivity contribution in [1.29, 1.82) is 0 Å². The molecule has 1 unspecified atom stereocenters. The Labute approximate surface area is 105 Å². The van der Waals surface area contributed by atoms with Crippen molar-refractivity contribution < 1.29 is 14.9 Å². The number of ether oxygens (including phenoxy) is 1. The molecular weight excluding hydrogens is 238 g/mol. The Morgan fingerprint density at radius 3 is 2.39 bits per heavy atom. The predicted octanol–water partition coefficient (Wildman–Crippen LogP) is -0.533. The van der Waals surface area contributed by atoms with Crippen molar-refractivity contribution in [3.05, 3.63) is 0 Å². The molecule has 1 aromatic heterocycles. The first-order valence-electron chi connectivity index (χ1n) is 5.85. The summed E-state index contributed by atoms with van der Waals surface area (Å²) in [6, 6.07) is 0.212. The van der Waals surface area contributed by atoms with Crippen LogP contribution in [0.2, 0.25) is 0 Å². The van der Waals surface area contributed by atoms with Gasteiger partial charge in [-0.25, -0.2) is 0 Å². The van der Waals surface area contributed by atoms with E-state index in [9.17, 15) is 5.11 Å². The van der Waals surface area contributed by atoms with Gasteiger partial charge in [-0.15, -0.1) is 0 Å². The fourth-order valence-electron chi connectivity index (χ4n) is 1.14. The molecule has 0 spiro atoms. The zero-order valence-corrected chi connectivity index (χ0v) is 10.6. The molecule has 1 rings (SSSR count). The van der Waals surface area contributed by atoms with Gasteiger partial charge in [0.15, 0.2) is 0 Å². The van der Waals surface area contributed by atoms with Crippen LogP contribution in [0.4, 0.5) is 11.9 Å². The highest BCUT2D eigenvalue weighted by Crippen LogP contribution is 2.10. The molecular formula is C10H19N5O3. The summed E-state index contributed by atoms with van der Waals surface area (Å²) in [7, 11) is 0. The molecule has 102 valence electrons. The highest BCUT2D eigenvalue weighted by Gasteiger charge is 2.08. The average Bonchev–Trinajstić information content (AvgIpc) is 2.36. The van der Waals surface area contributed by atoms with E-state index in [2.05, 4.69) is 25.6 Å². The van der Waals surface area contributed by atoms with Gasteiger partial charge in [0.1, 0.15) is 0 Å². The summed E-state index contributed by atoms with van der Waals surface area (Å²) < 4.78 is 5.21. The number of nitrogens with zero attached hydrogens (tertiary/aromatic N) is 3. The maximum Gasteiger partial charge on any atom is 0.323 e. The SMILES string of the molecule is CCNc1nc(NCC(O)CO)nc(OCC)n1. The summed E-state index contributed by atoms with van der Waals surface area (Å²) in [6.45, 7) is 4.71. The Morgan fingerprint density at radius 1 is 1.17 bits per heavy atom. The zero-order chi connectivity index (χ0) is 13.4. The van der Waals surface area contributed by atoms with Gasteiger partial charge in [-0.2, -0.15) is 15.0 Å². The first-order valence-corrected chi connectivity index (χ1v) is 5.85. The summed E-state index contributed by atoms with van der Waals surface area (Å²) in [5.74, 6) is 0.689. The maximum absolute atomic E-state index is 9.23. The van der Waals surface area contributed by atoms with E-state index in [4.69, 9.17) is 9.84 Å². The van der Waals surface area contributed by atoms with Crippen molar-refractivity contribution in [2.24, 2.45) is 0 Å². The first-order chi connectivity index (χ1) is 8.69. The lowest BCUT2D eigenvalue weighted by atomic mass is 10.4. The minimum Gasteiger partial charge on any atom is -0.464 e. The third kappa shape index (κ3) is 4.68. The van der Waals surface area contributed by atoms with E-state index in [1.807, 2.05) is 13.8 Å². The van der Waals surface area contributed by atoms with Crippen LogP contribution in [0.5, 0.6) is 6.01 Å². The molecule has 8 nitrogen and oxygen atoms in total. The van der Waals surface area contributed by atoms with Crippen molar-refractivity contribution >= 4 is 11.9 Å². The van der Waals surface area contributed by atoms with Gasteiger partial charge in [-0.05, 0) is 13.8 Å². The number of anilines is 2. The third-order valence-corrected chi connectivity index (χ3v) is 1.93. The maximum atomic E-state index is 9.23. The summed E-state index contributed by atoms with van der Waals surface area (Å²) in [4.78, 5) is 12.2. The van der Waals surface area contributed by atoms with Crippen LogP contribution in [0, 0.1) is 0 Å². The second kappa shape index (κ2) is 7.62. The summed E-state index contributed by atoms with van der Waals surface area (Å²) in [6.07, 6.45) is -0.861. The Morgan fingerprint density at radius 2 is 1.83 bits per heavy atom. The summed E-state index contributed by atoms with van der Waals surface area (Å²) in [5.41, 5.74) is 0. The van der Waals surface area contributed by atoms with Gasteiger partial charge in [-0.3, -0.25) is 0 Å². The standard InChI is InChI=1S/C10H19N5O3/c1-3-11-8-13-9(12-5-7(17)6-16)15-10(14-8)18-4-2/h7,16-17H,3-6H2,1-2H3,(H2,11,12,13,14,15). The van der Waals surface area contributed by atoms with E-state index in [1.165, 1.54) is 0 Å². The molecule has 18 heavy (non-hydrogen) atoms. The van der Waals surface area contributed by atoms with Crippen molar-refractivity contribution in [1.82, 2.24) is 15.0 Å². The van der Waals surface area contributed by atoms with Gasteiger partial charge in [0, 0.05) is 13.1 Å². The van der Waals surface area contributed by atoms with E-state index in [-0.39, 0.29) is 25.1 Å². The number of aliphatic hydroxyl groups excluding tert-OH is 2. The zero-order valence-electron chi connectivity index (χ0n) is 10.6. The molecule has 0 radical (unpaired) electrons. The molecule has 1 heterocycles. The molecule has 1 aromatic rings. The van der Waals surface area contributed by atoms with Crippen molar-refractivity contribution in [2.45, 2.75) is 20.0 Å². The number of rotatable bonds is 8. The van der Waals surface area contributed by atoms with Crippen molar-refractivity contribution in [3.63, 3.8) is 0 Å². The van der Waals surface area contributed by atoms with E-state index < -0.39 is 6.10 Å². The molecule has 4 N–H and O–H groups in total. The van der Waals surface area contributed by atoms with E-state index >= 15 is 0 Å². The van der Waals surface area contributed by atoms with Crippen molar-refractivity contribution in [2.75, 3.05) is 36.9 Å². The Kier molecular flexibility index (Phi) is 6.09. The number of aromatic nitrogens is 3. The fourth-order valence-corrected chi connectivity index (χ4v) is 1.14. The fraction of sp³-hybridized carbons (Fsp3) is 0.700. The van der Waals surface area contributed by atoms with E-state index in [0.29, 0.717) is 19.1 Å². The summed E-state index contributed by atoms with van der Waals surface area (Å²) in [5, 5.41) is 23.7. The Hall–Kier alpha value is -1.67. The van der Waals surface area contributed by atoms with Crippen LogP contribution >= 0.6 is 0 Å². The number of hydrogen-bond acceptors (Lipinski definition) is 8. The Bertz CT molecular complexity index is 339. The van der Waals surface area contributed by atoms with E-state index in [1.54, 1.807) is 0 Å². The topological polar surface area (TPSA) is 112 Å². The second-order valence-corrected chi connectivity index (χ2v) is 3.45. The highest BCUT2D eigenvalue weighted by molar-refractivity contribution is 5.35. The molecule has 0 bridgehead atoms. The molecule has 0 fully saturated rings. The predicted molar refractivity (Wildman–Crippen MR) is 66.7 cm³/mol. The Balaban J connectivity index is 2.75.